The predicted molar refractivity (Wildman–Crippen MR) is 90.6 cm³/mol. The highest BCUT2D eigenvalue weighted by atomic mass is 35.5. The van der Waals surface area contributed by atoms with E-state index in [-0.39, 0.29) is 0 Å². The Morgan fingerprint density at radius 3 is 2.62 bits per heavy atom. The van der Waals surface area contributed by atoms with Gasteiger partial charge in [-0.25, -0.2) is 4.98 Å². The number of nitrogens with one attached hydrogen (secondary N) is 1. The molecule has 0 amide bonds. The largest absolute Gasteiger partial charge is 0.309 e. The number of nitrogens with zero attached hydrogens (tertiary/aromatic N) is 1. The number of hydrogen-bond acceptors (Lipinski definition) is 3. The molecule has 1 N–H and O–H groups in total. The second-order valence-corrected chi connectivity index (χ2v) is 7.35. The van der Waals surface area contributed by atoms with Crippen LogP contribution in [-0.2, 0) is 19.4 Å². The lowest BCUT2D eigenvalue weighted by atomic mass is 10.1. The molecule has 0 radical (unpaired) electrons. The summed E-state index contributed by atoms with van der Waals surface area (Å²) >= 11 is 14.3. The van der Waals surface area contributed by atoms with E-state index in [4.69, 9.17) is 28.2 Å². The Kier molecular flexibility index (Phi) is 4.85. The van der Waals surface area contributed by atoms with E-state index >= 15 is 0 Å². The van der Waals surface area contributed by atoms with Gasteiger partial charge < -0.3 is 5.32 Å². The lowest BCUT2D eigenvalue weighted by molar-refractivity contribution is 0.689. The van der Waals surface area contributed by atoms with Crippen LogP contribution in [0, 0.1) is 0 Å². The molecule has 1 aliphatic carbocycles. The molecule has 3 rings (SSSR count). The minimum absolute atomic E-state index is 0.708. The zero-order valence-electron chi connectivity index (χ0n) is 12.0. The normalized spacial score (nSPS) is 14.6. The Labute approximate surface area is 139 Å². The quantitative estimate of drug-likeness (QED) is 0.812. The number of thiazole rings is 1. The van der Waals surface area contributed by atoms with Gasteiger partial charge in [-0.3, -0.25) is 0 Å². The SMILES string of the molecule is CCc1nc(Cc2c(Cl)cccc2Cl)sc1CNC1CC1. The third-order valence-electron chi connectivity index (χ3n) is 3.68. The van der Waals surface area contributed by atoms with E-state index in [2.05, 4.69) is 12.2 Å². The average molecular weight is 341 g/mol. The van der Waals surface area contributed by atoms with Gasteiger partial charge >= 0.3 is 0 Å². The monoisotopic (exact) mass is 340 g/mol. The maximum atomic E-state index is 6.25. The summed E-state index contributed by atoms with van der Waals surface area (Å²) in [6.45, 7) is 3.09. The number of hydrogen-bond donors (Lipinski definition) is 1. The number of halogens is 2. The maximum absolute atomic E-state index is 6.25. The van der Waals surface area contributed by atoms with E-state index < -0.39 is 0 Å². The second kappa shape index (κ2) is 6.66. The lowest BCUT2D eigenvalue weighted by Gasteiger charge is -2.04. The fourth-order valence-corrected chi connectivity index (χ4v) is 3.95. The number of benzene rings is 1. The molecule has 2 aromatic rings. The molecule has 1 heterocycles. The summed E-state index contributed by atoms with van der Waals surface area (Å²) in [6, 6.07) is 6.36. The van der Waals surface area contributed by atoms with Crippen LogP contribution in [0.2, 0.25) is 10.0 Å². The van der Waals surface area contributed by atoms with Gasteiger partial charge in [-0.1, -0.05) is 36.2 Å². The van der Waals surface area contributed by atoms with Crippen molar-refractivity contribution < 1.29 is 0 Å². The first-order chi connectivity index (χ1) is 10.2. The van der Waals surface area contributed by atoms with Gasteiger partial charge in [0.05, 0.1) is 10.7 Å². The van der Waals surface area contributed by atoms with Crippen molar-refractivity contribution in [2.45, 2.75) is 45.2 Å². The summed E-state index contributed by atoms with van der Waals surface area (Å²) in [5.74, 6) is 0. The summed E-state index contributed by atoms with van der Waals surface area (Å²) in [7, 11) is 0. The minimum Gasteiger partial charge on any atom is -0.309 e. The molecule has 112 valence electrons. The number of aryl methyl sites for hydroxylation is 1. The van der Waals surface area contributed by atoms with Crippen molar-refractivity contribution in [1.82, 2.24) is 10.3 Å². The highest BCUT2D eigenvalue weighted by molar-refractivity contribution is 7.11. The summed E-state index contributed by atoms with van der Waals surface area (Å²) in [4.78, 5) is 6.12. The summed E-state index contributed by atoms with van der Waals surface area (Å²) < 4.78 is 0. The van der Waals surface area contributed by atoms with E-state index in [1.54, 1.807) is 11.3 Å². The molecule has 2 nitrogen and oxygen atoms in total. The van der Waals surface area contributed by atoms with Crippen LogP contribution in [-0.4, -0.2) is 11.0 Å². The van der Waals surface area contributed by atoms with Gasteiger partial charge in [0.1, 0.15) is 0 Å². The molecule has 21 heavy (non-hydrogen) atoms. The first-order valence-electron chi connectivity index (χ1n) is 7.31. The van der Waals surface area contributed by atoms with Crippen LogP contribution in [0.4, 0.5) is 0 Å². The van der Waals surface area contributed by atoms with Gasteiger partial charge in [0.25, 0.3) is 0 Å². The summed E-state index contributed by atoms with van der Waals surface area (Å²) in [5.41, 5.74) is 2.17. The molecule has 0 bridgehead atoms. The van der Waals surface area contributed by atoms with Crippen molar-refractivity contribution in [3.63, 3.8) is 0 Å². The standard InChI is InChI=1S/C16H18Cl2N2S/c1-2-14-15(9-19-10-6-7-10)21-16(20-14)8-11-12(17)4-3-5-13(11)18/h3-5,10,19H,2,6-9H2,1H3. The topological polar surface area (TPSA) is 24.9 Å². The Hall–Kier alpha value is -0.610. The minimum atomic E-state index is 0.708. The Morgan fingerprint density at radius 1 is 1.29 bits per heavy atom. The van der Waals surface area contributed by atoms with Crippen LogP contribution < -0.4 is 5.32 Å². The highest BCUT2D eigenvalue weighted by Gasteiger charge is 2.21. The lowest BCUT2D eigenvalue weighted by Crippen LogP contribution is -2.15. The van der Waals surface area contributed by atoms with Crippen LogP contribution in [0.15, 0.2) is 18.2 Å². The van der Waals surface area contributed by atoms with Crippen LogP contribution in [0.5, 0.6) is 0 Å². The molecule has 5 heteroatoms. The third-order valence-corrected chi connectivity index (χ3v) is 5.48. The van der Waals surface area contributed by atoms with Crippen LogP contribution in [0.1, 0.15) is 40.9 Å². The second-order valence-electron chi connectivity index (χ2n) is 5.36. The van der Waals surface area contributed by atoms with E-state index in [1.165, 1.54) is 23.4 Å². The van der Waals surface area contributed by atoms with Crippen molar-refractivity contribution in [3.05, 3.63) is 49.4 Å². The maximum Gasteiger partial charge on any atom is 0.0976 e. The molecule has 0 spiro atoms. The molecule has 0 aliphatic heterocycles. The first kappa shape index (κ1) is 15.3. The molecule has 1 aromatic carbocycles. The van der Waals surface area contributed by atoms with E-state index in [9.17, 15) is 0 Å². The average Bonchev–Trinajstić information content (AvgIpc) is 3.21. The van der Waals surface area contributed by atoms with Gasteiger partial charge in [0, 0.05) is 33.9 Å². The molecule has 0 atom stereocenters. The molecule has 1 fully saturated rings. The van der Waals surface area contributed by atoms with Gasteiger partial charge in [0.2, 0.25) is 0 Å². The molecule has 0 saturated heterocycles. The van der Waals surface area contributed by atoms with Crippen LogP contribution >= 0.6 is 34.5 Å². The van der Waals surface area contributed by atoms with Gasteiger partial charge in [0.15, 0.2) is 0 Å². The third kappa shape index (κ3) is 3.78. The van der Waals surface area contributed by atoms with Crippen LogP contribution in [0.25, 0.3) is 0 Å². The highest BCUT2D eigenvalue weighted by Crippen LogP contribution is 2.30. The summed E-state index contributed by atoms with van der Waals surface area (Å²) in [5, 5.41) is 6.09. The molecule has 1 aromatic heterocycles. The van der Waals surface area contributed by atoms with Crippen molar-refractivity contribution >= 4 is 34.5 Å². The first-order valence-corrected chi connectivity index (χ1v) is 8.88. The zero-order valence-corrected chi connectivity index (χ0v) is 14.3. The molecule has 0 unspecified atom stereocenters. The fourth-order valence-electron chi connectivity index (χ4n) is 2.30. The van der Waals surface area contributed by atoms with E-state index in [0.29, 0.717) is 16.5 Å². The zero-order chi connectivity index (χ0) is 14.8. The Morgan fingerprint density at radius 2 is 2.00 bits per heavy atom. The number of aromatic nitrogens is 1. The molecule has 1 saturated carbocycles. The smallest absolute Gasteiger partial charge is 0.0976 e. The molecule has 1 aliphatic rings. The Balaban J connectivity index is 1.78. The van der Waals surface area contributed by atoms with E-state index in [0.717, 1.165) is 29.6 Å². The molecular weight excluding hydrogens is 323 g/mol. The molecular formula is C16H18Cl2N2S. The number of rotatable bonds is 6. The van der Waals surface area contributed by atoms with Crippen molar-refractivity contribution in [1.29, 1.82) is 0 Å². The van der Waals surface area contributed by atoms with Crippen molar-refractivity contribution in [2.24, 2.45) is 0 Å². The van der Waals surface area contributed by atoms with Crippen molar-refractivity contribution in [3.8, 4) is 0 Å². The van der Waals surface area contributed by atoms with Crippen molar-refractivity contribution in [2.75, 3.05) is 0 Å². The van der Waals surface area contributed by atoms with Gasteiger partial charge in [-0.2, -0.15) is 0 Å². The summed E-state index contributed by atoms with van der Waals surface area (Å²) in [6.07, 6.45) is 4.29. The van der Waals surface area contributed by atoms with Gasteiger partial charge in [-0.05, 0) is 37.0 Å². The van der Waals surface area contributed by atoms with Gasteiger partial charge in [-0.15, -0.1) is 11.3 Å². The Bertz CT molecular complexity index is 615. The van der Waals surface area contributed by atoms with Crippen LogP contribution in [0.3, 0.4) is 0 Å². The fraction of sp³-hybridized carbons (Fsp3) is 0.438. The predicted octanol–water partition coefficient (Wildman–Crippen LogP) is 4.86. The van der Waals surface area contributed by atoms with E-state index in [1.807, 2.05) is 18.2 Å².